The summed E-state index contributed by atoms with van der Waals surface area (Å²) in [5.74, 6) is 0.908. The van der Waals surface area contributed by atoms with Crippen molar-refractivity contribution in [3.8, 4) is 0 Å². The summed E-state index contributed by atoms with van der Waals surface area (Å²) in [5, 5.41) is 2.75. The Morgan fingerprint density at radius 3 is 2.68 bits per heavy atom. The fourth-order valence-electron chi connectivity index (χ4n) is 1.77. The van der Waals surface area contributed by atoms with E-state index in [-0.39, 0.29) is 11.7 Å². The van der Waals surface area contributed by atoms with Gasteiger partial charge in [-0.25, -0.2) is 4.39 Å². The van der Waals surface area contributed by atoms with Gasteiger partial charge in [0.2, 0.25) is 0 Å². The monoisotopic (exact) mass is 373 g/mol. The van der Waals surface area contributed by atoms with E-state index in [1.165, 1.54) is 6.07 Å². The highest BCUT2D eigenvalue weighted by molar-refractivity contribution is 14.1. The molecule has 0 saturated carbocycles. The molecule has 100 valence electrons. The van der Waals surface area contributed by atoms with E-state index in [2.05, 4.69) is 5.32 Å². The van der Waals surface area contributed by atoms with E-state index in [9.17, 15) is 9.18 Å². The van der Waals surface area contributed by atoms with Crippen molar-refractivity contribution in [2.75, 3.05) is 0 Å². The van der Waals surface area contributed by atoms with E-state index in [1.807, 2.05) is 42.5 Å². The second kappa shape index (κ2) is 5.73. The van der Waals surface area contributed by atoms with Crippen LogP contribution >= 0.6 is 22.6 Å². The van der Waals surface area contributed by atoms with Crippen molar-refractivity contribution in [3.05, 3.63) is 56.3 Å². The number of halogens is 2. The number of aryl methyl sites for hydroxylation is 2. The summed E-state index contributed by atoms with van der Waals surface area (Å²) in [4.78, 5) is 11.9. The molecule has 5 heteroatoms. The Hall–Kier alpha value is -1.37. The molecule has 1 N–H and O–H groups in total. The zero-order valence-electron chi connectivity index (χ0n) is 10.6. The van der Waals surface area contributed by atoms with Crippen molar-refractivity contribution in [2.45, 2.75) is 20.4 Å². The molecule has 0 radical (unpaired) electrons. The number of nitrogens with one attached hydrogen (secondary N) is 1. The zero-order valence-corrected chi connectivity index (χ0v) is 12.7. The number of carbonyl (C=O) groups excluding carboxylic acids is 1. The Balaban J connectivity index is 2.05. The fraction of sp³-hybridized carbons (Fsp3) is 0.214. The Kier molecular flexibility index (Phi) is 4.24. The van der Waals surface area contributed by atoms with Crippen molar-refractivity contribution >= 4 is 28.5 Å². The van der Waals surface area contributed by atoms with Crippen molar-refractivity contribution < 1.29 is 13.6 Å². The molecule has 0 aliphatic heterocycles. The Bertz CT molecular complexity index is 622. The molecular formula is C14H13FINO2. The zero-order chi connectivity index (χ0) is 14.0. The van der Waals surface area contributed by atoms with E-state index in [0.29, 0.717) is 15.7 Å². The molecule has 1 heterocycles. The summed E-state index contributed by atoms with van der Waals surface area (Å²) >= 11 is 1.88. The standard InChI is InChI=1S/C14H13FINO2/c1-8-5-11(9(2)19-8)7-17-14(18)10-3-4-13(16)12(15)6-10/h3-6H,7H2,1-2H3,(H,17,18). The minimum atomic E-state index is -0.386. The lowest BCUT2D eigenvalue weighted by Crippen LogP contribution is -2.23. The van der Waals surface area contributed by atoms with Crippen LogP contribution in [0.4, 0.5) is 4.39 Å². The number of amides is 1. The summed E-state index contributed by atoms with van der Waals surface area (Å²) in [7, 11) is 0. The third-order valence-electron chi connectivity index (χ3n) is 2.76. The Morgan fingerprint density at radius 1 is 1.37 bits per heavy atom. The van der Waals surface area contributed by atoms with Gasteiger partial charge in [-0.05, 0) is 60.7 Å². The van der Waals surface area contributed by atoms with Crippen LogP contribution in [0.25, 0.3) is 0 Å². The van der Waals surface area contributed by atoms with Gasteiger partial charge >= 0.3 is 0 Å². The Morgan fingerprint density at radius 2 is 2.11 bits per heavy atom. The van der Waals surface area contributed by atoms with Crippen LogP contribution in [0, 0.1) is 23.2 Å². The quantitative estimate of drug-likeness (QED) is 0.836. The number of hydrogen-bond donors (Lipinski definition) is 1. The highest BCUT2D eigenvalue weighted by Crippen LogP contribution is 2.15. The van der Waals surface area contributed by atoms with Crippen LogP contribution in [0.2, 0.25) is 0 Å². The molecule has 0 aliphatic rings. The van der Waals surface area contributed by atoms with E-state index < -0.39 is 0 Å². The average Bonchev–Trinajstić information content (AvgIpc) is 2.68. The molecule has 2 rings (SSSR count). The summed E-state index contributed by atoms with van der Waals surface area (Å²) < 4.78 is 19.2. The number of rotatable bonds is 3. The number of hydrogen-bond acceptors (Lipinski definition) is 2. The minimum Gasteiger partial charge on any atom is -0.466 e. The lowest BCUT2D eigenvalue weighted by Gasteiger charge is -2.05. The van der Waals surface area contributed by atoms with Crippen LogP contribution in [-0.4, -0.2) is 5.91 Å². The first-order chi connectivity index (χ1) is 8.97. The molecule has 1 aromatic heterocycles. The number of carbonyl (C=O) groups is 1. The van der Waals surface area contributed by atoms with Gasteiger partial charge in [0.05, 0.1) is 0 Å². The van der Waals surface area contributed by atoms with Crippen LogP contribution < -0.4 is 5.32 Å². The highest BCUT2D eigenvalue weighted by Gasteiger charge is 2.10. The van der Waals surface area contributed by atoms with Gasteiger partial charge in [-0.1, -0.05) is 0 Å². The van der Waals surface area contributed by atoms with Crippen molar-refractivity contribution in [1.82, 2.24) is 5.32 Å². The molecule has 1 amide bonds. The van der Waals surface area contributed by atoms with Gasteiger partial charge in [-0.3, -0.25) is 4.79 Å². The van der Waals surface area contributed by atoms with Crippen LogP contribution in [0.1, 0.15) is 27.4 Å². The normalized spacial score (nSPS) is 10.5. The topological polar surface area (TPSA) is 42.2 Å². The number of furan rings is 1. The van der Waals surface area contributed by atoms with E-state index in [1.54, 1.807) is 12.1 Å². The van der Waals surface area contributed by atoms with Crippen LogP contribution in [-0.2, 0) is 6.54 Å². The molecule has 0 fully saturated rings. The van der Waals surface area contributed by atoms with Crippen LogP contribution in [0.3, 0.4) is 0 Å². The van der Waals surface area contributed by atoms with Gasteiger partial charge in [-0.2, -0.15) is 0 Å². The van der Waals surface area contributed by atoms with Crippen molar-refractivity contribution in [2.24, 2.45) is 0 Å². The average molecular weight is 373 g/mol. The molecule has 2 aromatic rings. The molecule has 0 saturated heterocycles. The first-order valence-electron chi connectivity index (χ1n) is 5.76. The van der Waals surface area contributed by atoms with Gasteiger partial charge in [0.15, 0.2) is 0 Å². The lowest BCUT2D eigenvalue weighted by atomic mass is 10.2. The maximum atomic E-state index is 13.4. The smallest absolute Gasteiger partial charge is 0.251 e. The highest BCUT2D eigenvalue weighted by atomic mass is 127. The van der Waals surface area contributed by atoms with Crippen LogP contribution in [0.15, 0.2) is 28.7 Å². The third-order valence-corrected chi connectivity index (χ3v) is 3.64. The van der Waals surface area contributed by atoms with Crippen LogP contribution in [0.5, 0.6) is 0 Å². The summed E-state index contributed by atoms with van der Waals surface area (Å²) in [6, 6.07) is 6.31. The molecule has 0 bridgehead atoms. The van der Waals surface area contributed by atoms with Crippen molar-refractivity contribution in [1.29, 1.82) is 0 Å². The number of benzene rings is 1. The van der Waals surface area contributed by atoms with Gasteiger partial charge in [-0.15, -0.1) is 0 Å². The first kappa shape index (κ1) is 14.0. The van der Waals surface area contributed by atoms with E-state index in [4.69, 9.17) is 4.42 Å². The van der Waals surface area contributed by atoms with Gasteiger partial charge in [0.1, 0.15) is 17.3 Å². The predicted octanol–water partition coefficient (Wildman–Crippen LogP) is 3.57. The minimum absolute atomic E-state index is 0.298. The largest absolute Gasteiger partial charge is 0.466 e. The molecule has 1 aromatic carbocycles. The molecule has 0 spiro atoms. The molecule has 0 aliphatic carbocycles. The first-order valence-corrected chi connectivity index (χ1v) is 6.84. The third kappa shape index (κ3) is 3.34. The van der Waals surface area contributed by atoms with E-state index >= 15 is 0 Å². The molecule has 0 unspecified atom stereocenters. The molecule has 3 nitrogen and oxygen atoms in total. The molecule has 0 atom stereocenters. The Labute approximate surface area is 124 Å². The summed E-state index contributed by atoms with van der Waals surface area (Å²) in [6.07, 6.45) is 0. The molecule has 19 heavy (non-hydrogen) atoms. The van der Waals surface area contributed by atoms with E-state index in [0.717, 1.165) is 17.1 Å². The maximum Gasteiger partial charge on any atom is 0.251 e. The molecular weight excluding hydrogens is 360 g/mol. The van der Waals surface area contributed by atoms with Gasteiger partial charge in [0, 0.05) is 21.2 Å². The maximum absolute atomic E-state index is 13.4. The summed E-state index contributed by atoms with van der Waals surface area (Å²) in [5.41, 5.74) is 1.24. The van der Waals surface area contributed by atoms with Crippen molar-refractivity contribution in [3.63, 3.8) is 0 Å². The fourth-order valence-corrected chi connectivity index (χ4v) is 2.11. The SMILES string of the molecule is Cc1cc(CNC(=O)c2ccc(I)c(F)c2)c(C)o1. The van der Waals surface area contributed by atoms with Gasteiger partial charge in [0.25, 0.3) is 5.91 Å². The second-order valence-corrected chi connectivity index (χ2v) is 5.41. The lowest BCUT2D eigenvalue weighted by molar-refractivity contribution is 0.0950. The summed E-state index contributed by atoms with van der Waals surface area (Å²) in [6.45, 7) is 4.07. The second-order valence-electron chi connectivity index (χ2n) is 4.25. The predicted molar refractivity (Wildman–Crippen MR) is 78.5 cm³/mol. The van der Waals surface area contributed by atoms with Gasteiger partial charge < -0.3 is 9.73 Å².